The van der Waals surface area contributed by atoms with Crippen LogP contribution in [0, 0.1) is 0 Å². The molecule has 0 radical (unpaired) electrons. The van der Waals surface area contributed by atoms with Gasteiger partial charge in [0.25, 0.3) is 0 Å². The molecule has 1 saturated heterocycles. The molecule has 0 bridgehead atoms. The van der Waals surface area contributed by atoms with Crippen LogP contribution in [0.4, 0.5) is 5.82 Å². The van der Waals surface area contributed by atoms with Crippen molar-refractivity contribution in [3.05, 3.63) is 18.3 Å². The van der Waals surface area contributed by atoms with Crippen molar-refractivity contribution < 1.29 is 13.2 Å². The number of ether oxygens (including phenoxy) is 1. The summed E-state index contributed by atoms with van der Waals surface area (Å²) in [5.41, 5.74) is 5.81. The van der Waals surface area contributed by atoms with Crippen LogP contribution >= 0.6 is 0 Å². The number of nitrogens with zero attached hydrogens (tertiary/aromatic N) is 2. The fourth-order valence-corrected chi connectivity index (χ4v) is 2.92. The Balaban J connectivity index is 2.18. The average molecular weight is 300 g/mol. The summed E-state index contributed by atoms with van der Waals surface area (Å²) in [6, 6.07) is 3.27. The SMILES string of the molecule is COC1CCN(c2ccc(S(N)(=O)=O)cn2)C(CN)C1. The lowest BCUT2D eigenvalue weighted by Crippen LogP contribution is -2.49. The summed E-state index contributed by atoms with van der Waals surface area (Å²) < 4.78 is 27.8. The summed E-state index contributed by atoms with van der Waals surface area (Å²) in [5, 5.41) is 5.06. The predicted octanol–water partition coefficient (Wildman–Crippen LogP) is -0.328. The van der Waals surface area contributed by atoms with Crippen molar-refractivity contribution in [2.75, 3.05) is 25.1 Å². The molecule has 8 heteroatoms. The number of hydrogen-bond donors (Lipinski definition) is 2. The highest BCUT2D eigenvalue weighted by molar-refractivity contribution is 7.89. The number of hydrogen-bond acceptors (Lipinski definition) is 6. The Morgan fingerprint density at radius 3 is 2.75 bits per heavy atom. The summed E-state index contributed by atoms with van der Waals surface area (Å²) in [4.78, 5) is 6.29. The highest BCUT2D eigenvalue weighted by Gasteiger charge is 2.28. The van der Waals surface area contributed by atoms with Gasteiger partial charge in [0.05, 0.1) is 6.10 Å². The van der Waals surface area contributed by atoms with Crippen LogP contribution in [0.2, 0.25) is 0 Å². The summed E-state index contributed by atoms with van der Waals surface area (Å²) in [7, 11) is -2.01. The Hall–Kier alpha value is -1.22. The number of nitrogens with two attached hydrogens (primary N) is 2. The monoisotopic (exact) mass is 300 g/mol. The summed E-state index contributed by atoms with van der Waals surface area (Å²) in [5.74, 6) is 0.711. The van der Waals surface area contributed by atoms with Crippen molar-refractivity contribution in [2.24, 2.45) is 10.9 Å². The molecule has 2 atom stereocenters. The number of pyridine rings is 1. The second kappa shape index (κ2) is 6.04. The van der Waals surface area contributed by atoms with Gasteiger partial charge in [-0.3, -0.25) is 0 Å². The number of primary sulfonamides is 1. The lowest BCUT2D eigenvalue weighted by atomic mass is 9.99. The van der Waals surface area contributed by atoms with Crippen LogP contribution in [0.25, 0.3) is 0 Å². The van der Waals surface area contributed by atoms with Gasteiger partial charge in [0.15, 0.2) is 0 Å². The number of methoxy groups -OCH3 is 1. The first kappa shape index (κ1) is 15.2. The highest BCUT2D eigenvalue weighted by atomic mass is 32.2. The van der Waals surface area contributed by atoms with Crippen LogP contribution in [0.15, 0.2) is 23.2 Å². The molecule has 2 heterocycles. The predicted molar refractivity (Wildman–Crippen MR) is 75.8 cm³/mol. The standard InChI is InChI=1S/C12H20N4O3S/c1-19-10-4-5-16(9(6-10)7-13)12-3-2-11(8-15-12)20(14,17)18/h2-3,8-10H,4-7,13H2,1H3,(H2,14,17,18). The molecule has 7 nitrogen and oxygen atoms in total. The van der Waals surface area contributed by atoms with Crippen LogP contribution < -0.4 is 15.8 Å². The fourth-order valence-electron chi connectivity index (χ4n) is 2.46. The van der Waals surface area contributed by atoms with Gasteiger partial charge < -0.3 is 15.4 Å². The van der Waals surface area contributed by atoms with Crippen LogP contribution in [-0.4, -0.2) is 45.7 Å². The summed E-state index contributed by atoms with van der Waals surface area (Å²) in [6.45, 7) is 1.28. The van der Waals surface area contributed by atoms with Gasteiger partial charge in [0, 0.05) is 32.4 Å². The Morgan fingerprint density at radius 2 is 2.25 bits per heavy atom. The van der Waals surface area contributed by atoms with Crippen LogP contribution in [0.3, 0.4) is 0 Å². The smallest absolute Gasteiger partial charge is 0.239 e. The molecule has 0 amide bonds. The first-order valence-corrected chi connectivity index (χ1v) is 7.98. The molecule has 0 saturated carbocycles. The zero-order chi connectivity index (χ0) is 14.8. The molecule has 0 spiro atoms. The van der Waals surface area contributed by atoms with Crippen LogP contribution in [0.5, 0.6) is 0 Å². The maximum absolute atomic E-state index is 11.2. The van der Waals surface area contributed by atoms with Crippen molar-refractivity contribution in [2.45, 2.75) is 29.9 Å². The molecular weight excluding hydrogens is 280 g/mol. The Labute approximate surface area is 119 Å². The van der Waals surface area contributed by atoms with Gasteiger partial charge in [0.2, 0.25) is 10.0 Å². The van der Waals surface area contributed by atoms with Gasteiger partial charge in [-0.2, -0.15) is 0 Å². The van der Waals surface area contributed by atoms with Gasteiger partial charge in [-0.15, -0.1) is 0 Å². The molecule has 1 fully saturated rings. The minimum absolute atomic E-state index is 0.0114. The Bertz CT molecular complexity index is 546. The molecule has 20 heavy (non-hydrogen) atoms. The largest absolute Gasteiger partial charge is 0.381 e. The fraction of sp³-hybridized carbons (Fsp3) is 0.583. The van der Waals surface area contributed by atoms with Crippen LogP contribution in [0.1, 0.15) is 12.8 Å². The third-order valence-electron chi connectivity index (χ3n) is 3.62. The number of aromatic nitrogens is 1. The van der Waals surface area contributed by atoms with E-state index in [0.29, 0.717) is 12.4 Å². The maximum Gasteiger partial charge on any atom is 0.239 e. The molecule has 2 unspecified atom stereocenters. The molecule has 1 aromatic rings. The summed E-state index contributed by atoms with van der Waals surface area (Å²) >= 11 is 0. The van der Waals surface area contributed by atoms with E-state index in [1.807, 2.05) is 0 Å². The van der Waals surface area contributed by atoms with E-state index in [9.17, 15) is 8.42 Å². The lowest BCUT2D eigenvalue weighted by molar-refractivity contribution is 0.0708. The second-order valence-electron chi connectivity index (χ2n) is 4.86. The van der Waals surface area contributed by atoms with Crippen LogP contribution in [-0.2, 0) is 14.8 Å². The van der Waals surface area contributed by atoms with E-state index < -0.39 is 10.0 Å². The van der Waals surface area contributed by atoms with Crippen molar-refractivity contribution >= 4 is 15.8 Å². The maximum atomic E-state index is 11.2. The van der Waals surface area contributed by atoms with Crippen molar-refractivity contribution in [3.63, 3.8) is 0 Å². The first-order chi connectivity index (χ1) is 9.45. The molecule has 1 aliphatic rings. The van der Waals surface area contributed by atoms with Gasteiger partial charge >= 0.3 is 0 Å². The number of rotatable bonds is 4. The second-order valence-corrected chi connectivity index (χ2v) is 6.42. The topological polar surface area (TPSA) is 112 Å². The molecule has 112 valence electrons. The normalized spacial score (nSPS) is 23.9. The Morgan fingerprint density at radius 1 is 1.50 bits per heavy atom. The highest BCUT2D eigenvalue weighted by Crippen LogP contribution is 2.24. The van der Waals surface area contributed by atoms with E-state index in [1.165, 1.54) is 12.3 Å². The van der Waals surface area contributed by atoms with E-state index in [4.69, 9.17) is 15.6 Å². The van der Waals surface area contributed by atoms with Gasteiger partial charge in [-0.1, -0.05) is 0 Å². The van der Waals surface area contributed by atoms with E-state index in [0.717, 1.165) is 19.4 Å². The number of sulfonamides is 1. The molecule has 2 rings (SSSR count). The molecule has 1 aromatic heterocycles. The van der Waals surface area contributed by atoms with Crippen molar-refractivity contribution in [3.8, 4) is 0 Å². The minimum Gasteiger partial charge on any atom is -0.381 e. The molecule has 0 aromatic carbocycles. The zero-order valence-corrected chi connectivity index (χ0v) is 12.2. The molecule has 1 aliphatic heterocycles. The Kier molecular flexibility index (Phi) is 4.59. The van der Waals surface area contributed by atoms with E-state index in [-0.39, 0.29) is 17.0 Å². The molecule has 0 aliphatic carbocycles. The van der Waals surface area contributed by atoms with Gasteiger partial charge in [0.1, 0.15) is 10.7 Å². The van der Waals surface area contributed by atoms with Gasteiger partial charge in [-0.25, -0.2) is 18.5 Å². The number of piperidine rings is 1. The van der Waals surface area contributed by atoms with Crippen molar-refractivity contribution in [1.82, 2.24) is 4.98 Å². The zero-order valence-electron chi connectivity index (χ0n) is 11.4. The van der Waals surface area contributed by atoms with Crippen molar-refractivity contribution in [1.29, 1.82) is 0 Å². The van der Waals surface area contributed by atoms with E-state index in [2.05, 4.69) is 9.88 Å². The summed E-state index contributed by atoms with van der Waals surface area (Å²) in [6.07, 6.45) is 3.22. The molecule has 4 N–H and O–H groups in total. The average Bonchev–Trinajstić information content (AvgIpc) is 2.45. The van der Waals surface area contributed by atoms with Gasteiger partial charge in [-0.05, 0) is 25.0 Å². The first-order valence-electron chi connectivity index (χ1n) is 6.44. The van der Waals surface area contributed by atoms with E-state index in [1.54, 1.807) is 13.2 Å². The van der Waals surface area contributed by atoms with E-state index >= 15 is 0 Å². The quantitative estimate of drug-likeness (QED) is 0.787. The third-order valence-corrected chi connectivity index (χ3v) is 4.52. The third kappa shape index (κ3) is 3.26. The minimum atomic E-state index is -3.71. The lowest BCUT2D eigenvalue weighted by Gasteiger charge is -2.39. The number of anilines is 1. The molecular formula is C12H20N4O3S.